The highest BCUT2D eigenvalue weighted by Gasteiger charge is 2.14. The molecule has 9 nitrogen and oxygen atoms in total. The first-order chi connectivity index (χ1) is 12.7. The first-order valence-corrected chi connectivity index (χ1v) is 7.77. The molecule has 2 N–H and O–H groups in total. The van der Waals surface area contributed by atoms with Crippen molar-refractivity contribution in [1.29, 1.82) is 0 Å². The van der Waals surface area contributed by atoms with Crippen molar-refractivity contribution in [1.82, 2.24) is 25.1 Å². The topological polar surface area (TPSA) is 119 Å². The summed E-state index contributed by atoms with van der Waals surface area (Å²) in [6, 6.07) is 9.13. The summed E-state index contributed by atoms with van der Waals surface area (Å²) in [5.74, 6) is 1.37. The van der Waals surface area contributed by atoms with Crippen molar-refractivity contribution in [3.05, 3.63) is 48.7 Å². The first kappa shape index (κ1) is 15.8. The molecular weight excluding hydrogens is 336 g/mol. The predicted octanol–water partition coefficient (Wildman–Crippen LogP) is 2.20. The molecule has 0 saturated carbocycles. The van der Waals surface area contributed by atoms with E-state index in [0.717, 1.165) is 5.56 Å². The third-order valence-electron chi connectivity index (χ3n) is 3.74. The monoisotopic (exact) mass is 350 g/mol. The molecule has 1 amide bonds. The summed E-state index contributed by atoms with van der Waals surface area (Å²) in [4.78, 5) is 27.3. The van der Waals surface area contributed by atoms with Gasteiger partial charge in [0.2, 0.25) is 5.91 Å². The molecule has 0 aliphatic heterocycles. The van der Waals surface area contributed by atoms with Crippen LogP contribution in [0.5, 0.6) is 5.75 Å². The summed E-state index contributed by atoms with van der Waals surface area (Å²) in [5.41, 5.74) is 2.38. The number of nitrogens with one attached hydrogen (secondary N) is 2. The van der Waals surface area contributed by atoms with Crippen LogP contribution in [-0.4, -0.2) is 38.1 Å². The third kappa shape index (κ3) is 3.09. The number of anilines is 1. The Hall–Kier alpha value is -3.75. The summed E-state index contributed by atoms with van der Waals surface area (Å²) in [5, 5.41) is 6.68. The maximum absolute atomic E-state index is 12.3. The van der Waals surface area contributed by atoms with Gasteiger partial charge in [-0.05, 0) is 12.1 Å². The van der Waals surface area contributed by atoms with Gasteiger partial charge in [0, 0.05) is 11.6 Å². The van der Waals surface area contributed by atoms with Crippen LogP contribution < -0.4 is 10.1 Å². The number of ether oxygens (including phenoxy) is 1. The van der Waals surface area contributed by atoms with Crippen LogP contribution in [0.4, 0.5) is 5.82 Å². The van der Waals surface area contributed by atoms with Crippen molar-refractivity contribution in [2.24, 2.45) is 0 Å². The minimum atomic E-state index is -0.273. The second-order valence-electron chi connectivity index (χ2n) is 5.46. The van der Waals surface area contributed by atoms with Crippen LogP contribution in [0.15, 0.2) is 47.5 Å². The van der Waals surface area contributed by atoms with Crippen molar-refractivity contribution in [2.75, 3.05) is 12.4 Å². The largest absolute Gasteiger partial charge is 0.497 e. The zero-order chi connectivity index (χ0) is 17.9. The Morgan fingerprint density at radius 2 is 2.19 bits per heavy atom. The molecule has 1 aromatic carbocycles. The van der Waals surface area contributed by atoms with Crippen molar-refractivity contribution in [2.45, 2.75) is 6.42 Å². The lowest BCUT2D eigenvalue weighted by Crippen LogP contribution is -2.16. The van der Waals surface area contributed by atoms with Crippen molar-refractivity contribution >= 4 is 22.9 Å². The van der Waals surface area contributed by atoms with Gasteiger partial charge in [-0.2, -0.15) is 0 Å². The van der Waals surface area contributed by atoms with Gasteiger partial charge in [0.15, 0.2) is 17.2 Å². The maximum atomic E-state index is 12.3. The fraction of sp³-hybridized carbons (Fsp3) is 0.118. The predicted molar refractivity (Wildman–Crippen MR) is 92.5 cm³/mol. The molecule has 4 aromatic rings. The van der Waals surface area contributed by atoms with Gasteiger partial charge < -0.3 is 19.6 Å². The second-order valence-corrected chi connectivity index (χ2v) is 5.46. The SMILES string of the molecule is COc1cccc(-c2cc(CC(=O)Nc3ncnc4nc[nH]c34)no2)c1. The average Bonchev–Trinajstić information content (AvgIpc) is 3.31. The maximum Gasteiger partial charge on any atom is 0.231 e. The Labute approximate surface area is 147 Å². The van der Waals surface area contributed by atoms with Crippen LogP contribution in [0.2, 0.25) is 0 Å². The van der Waals surface area contributed by atoms with E-state index in [1.54, 1.807) is 13.2 Å². The molecule has 0 saturated heterocycles. The molecule has 0 aliphatic rings. The molecule has 9 heteroatoms. The van der Waals surface area contributed by atoms with E-state index in [2.05, 4.69) is 30.4 Å². The molecule has 130 valence electrons. The zero-order valence-corrected chi connectivity index (χ0v) is 13.8. The molecule has 26 heavy (non-hydrogen) atoms. The number of fused-ring (bicyclic) bond motifs is 1. The van der Waals surface area contributed by atoms with E-state index in [-0.39, 0.29) is 12.3 Å². The molecular formula is C17H14N6O3. The lowest BCUT2D eigenvalue weighted by atomic mass is 10.1. The Bertz CT molecular complexity index is 1070. The van der Waals surface area contributed by atoms with Gasteiger partial charge >= 0.3 is 0 Å². The normalized spacial score (nSPS) is 10.8. The number of carbonyl (C=O) groups is 1. The molecule has 0 aliphatic carbocycles. The summed E-state index contributed by atoms with van der Waals surface area (Å²) >= 11 is 0. The Morgan fingerprint density at radius 3 is 3.08 bits per heavy atom. The number of carbonyl (C=O) groups excluding carboxylic acids is 1. The standard InChI is InChI=1S/C17H14N6O3/c1-25-12-4-2-3-10(5-12)13-6-11(23-26-13)7-14(24)22-17-15-16(19-8-18-15)20-9-21-17/h2-6,8-9H,7H2,1H3,(H2,18,19,20,21,22,24). The molecule has 0 unspecified atom stereocenters. The number of hydrogen-bond acceptors (Lipinski definition) is 7. The summed E-state index contributed by atoms with van der Waals surface area (Å²) in [7, 11) is 1.60. The highest BCUT2D eigenvalue weighted by atomic mass is 16.5. The number of aromatic amines is 1. The number of hydrogen-bond donors (Lipinski definition) is 2. The highest BCUT2D eigenvalue weighted by molar-refractivity contribution is 5.97. The fourth-order valence-electron chi connectivity index (χ4n) is 2.51. The van der Waals surface area contributed by atoms with Gasteiger partial charge in [0.25, 0.3) is 0 Å². The molecule has 0 radical (unpaired) electrons. The van der Waals surface area contributed by atoms with Crippen LogP contribution in [0, 0.1) is 0 Å². The van der Waals surface area contributed by atoms with E-state index in [4.69, 9.17) is 9.26 Å². The lowest BCUT2D eigenvalue weighted by molar-refractivity contribution is -0.115. The van der Waals surface area contributed by atoms with Gasteiger partial charge in [-0.3, -0.25) is 4.79 Å². The average molecular weight is 350 g/mol. The number of rotatable bonds is 5. The molecule has 3 heterocycles. The van der Waals surface area contributed by atoms with Crippen LogP contribution in [-0.2, 0) is 11.2 Å². The van der Waals surface area contributed by atoms with E-state index in [1.807, 2.05) is 24.3 Å². The number of aromatic nitrogens is 5. The van der Waals surface area contributed by atoms with E-state index < -0.39 is 0 Å². The van der Waals surface area contributed by atoms with Crippen molar-refractivity contribution in [3.63, 3.8) is 0 Å². The Morgan fingerprint density at radius 1 is 1.27 bits per heavy atom. The van der Waals surface area contributed by atoms with Crippen LogP contribution in [0.1, 0.15) is 5.69 Å². The van der Waals surface area contributed by atoms with Crippen LogP contribution >= 0.6 is 0 Å². The van der Waals surface area contributed by atoms with Crippen molar-refractivity contribution < 1.29 is 14.1 Å². The van der Waals surface area contributed by atoms with Crippen LogP contribution in [0.25, 0.3) is 22.5 Å². The third-order valence-corrected chi connectivity index (χ3v) is 3.74. The quantitative estimate of drug-likeness (QED) is 0.566. The van der Waals surface area contributed by atoms with E-state index in [9.17, 15) is 4.79 Å². The van der Waals surface area contributed by atoms with E-state index >= 15 is 0 Å². The van der Waals surface area contributed by atoms with Gasteiger partial charge in [0.1, 0.15) is 17.6 Å². The number of amides is 1. The number of methoxy groups -OCH3 is 1. The minimum Gasteiger partial charge on any atom is -0.497 e. The van der Waals surface area contributed by atoms with E-state index in [0.29, 0.717) is 34.2 Å². The first-order valence-electron chi connectivity index (χ1n) is 7.77. The Balaban J connectivity index is 1.48. The number of imidazole rings is 1. The summed E-state index contributed by atoms with van der Waals surface area (Å²) in [6.45, 7) is 0. The lowest BCUT2D eigenvalue weighted by Gasteiger charge is -2.03. The van der Waals surface area contributed by atoms with E-state index in [1.165, 1.54) is 12.7 Å². The fourth-order valence-corrected chi connectivity index (χ4v) is 2.51. The molecule has 0 atom stereocenters. The van der Waals surface area contributed by atoms with Gasteiger partial charge in [0.05, 0.1) is 25.6 Å². The van der Waals surface area contributed by atoms with Gasteiger partial charge in [-0.15, -0.1) is 0 Å². The van der Waals surface area contributed by atoms with Crippen molar-refractivity contribution in [3.8, 4) is 17.1 Å². The van der Waals surface area contributed by atoms with Crippen LogP contribution in [0.3, 0.4) is 0 Å². The molecule has 4 rings (SSSR count). The molecule has 0 spiro atoms. The van der Waals surface area contributed by atoms with Gasteiger partial charge in [-0.1, -0.05) is 17.3 Å². The molecule has 0 fully saturated rings. The number of H-pyrrole nitrogens is 1. The van der Waals surface area contributed by atoms with Gasteiger partial charge in [-0.25, -0.2) is 15.0 Å². The second kappa shape index (κ2) is 6.63. The zero-order valence-electron chi connectivity index (χ0n) is 13.8. The molecule has 0 bridgehead atoms. The number of benzene rings is 1. The highest BCUT2D eigenvalue weighted by Crippen LogP contribution is 2.24. The summed E-state index contributed by atoms with van der Waals surface area (Å²) in [6.07, 6.45) is 2.88. The molecule has 3 aromatic heterocycles. The summed E-state index contributed by atoms with van der Waals surface area (Å²) < 4.78 is 10.5. The number of nitrogens with zero attached hydrogens (tertiary/aromatic N) is 4. The Kier molecular flexibility index (Phi) is 4.02. The minimum absolute atomic E-state index is 0.0487. The smallest absolute Gasteiger partial charge is 0.231 e.